The molecule has 0 radical (unpaired) electrons. The van der Waals surface area contributed by atoms with E-state index in [1.807, 2.05) is 54.3 Å². The molecule has 1 aliphatic rings. The summed E-state index contributed by atoms with van der Waals surface area (Å²) < 4.78 is 1.99. The van der Waals surface area contributed by atoms with Crippen molar-refractivity contribution in [3.8, 4) is 22.3 Å². The molecule has 5 rings (SSSR count). The minimum absolute atomic E-state index is 0.0696. The molecule has 4 aromatic heterocycles. The number of aromatic nitrogens is 5. The quantitative estimate of drug-likeness (QED) is 0.505. The Balaban J connectivity index is 1.33. The van der Waals surface area contributed by atoms with Crippen molar-refractivity contribution in [3.05, 3.63) is 73.2 Å². The molecule has 0 bridgehead atoms. The maximum atomic E-state index is 13.2. The topological polar surface area (TPSA) is 112 Å². The highest BCUT2D eigenvalue weighted by atomic mass is 16.2. The first-order valence-electron chi connectivity index (χ1n) is 10.5. The summed E-state index contributed by atoms with van der Waals surface area (Å²) in [5.41, 5.74) is 9.49. The molecule has 4 heterocycles. The van der Waals surface area contributed by atoms with E-state index in [1.165, 1.54) is 0 Å². The van der Waals surface area contributed by atoms with Crippen LogP contribution in [-0.4, -0.2) is 30.4 Å². The van der Waals surface area contributed by atoms with Gasteiger partial charge in [0, 0.05) is 66.5 Å². The van der Waals surface area contributed by atoms with Gasteiger partial charge in [0.2, 0.25) is 11.9 Å². The Hall–Kier alpha value is -4.07. The average molecular weight is 425 g/mol. The summed E-state index contributed by atoms with van der Waals surface area (Å²) in [5.74, 6) is 0.699. The van der Waals surface area contributed by atoms with Crippen LogP contribution in [0.25, 0.3) is 22.3 Å². The van der Waals surface area contributed by atoms with E-state index >= 15 is 0 Å². The first kappa shape index (κ1) is 19.9. The number of nitrogens with two attached hydrogens (primary N) is 1. The molecule has 0 saturated heterocycles. The number of nitrogen functional groups attached to an aromatic ring is 1. The van der Waals surface area contributed by atoms with Gasteiger partial charge < -0.3 is 15.6 Å². The minimum Gasteiger partial charge on any atom is -0.368 e. The van der Waals surface area contributed by atoms with Crippen LogP contribution in [0.15, 0.2) is 67.5 Å². The van der Waals surface area contributed by atoms with E-state index in [2.05, 4.69) is 25.3 Å². The van der Waals surface area contributed by atoms with Crippen LogP contribution in [-0.2, 0) is 17.3 Å². The Bertz CT molecular complexity index is 1240. The van der Waals surface area contributed by atoms with Gasteiger partial charge in [0.1, 0.15) is 5.82 Å². The molecule has 8 heteroatoms. The normalized spacial score (nSPS) is 14.5. The summed E-state index contributed by atoms with van der Waals surface area (Å²) in [7, 11) is 1.98. The standard InChI is InChI=1S/C24H23N7O/c1-31-10-7-18(15-31)16-4-6-21(27-12-16)30-22(32)24(8-2-9-24)20-5-3-17(11-26-20)19-13-28-23(25)29-14-19/h3-7,10-15H,2,8-9H2,1H3,(H2,25,28,29)(H,27,30,32). The molecule has 3 N–H and O–H groups in total. The molecule has 0 spiro atoms. The molecule has 0 aromatic carbocycles. The van der Waals surface area contributed by atoms with Crippen molar-refractivity contribution >= 4 is 17.7 Å². The number of carbonyl (C=O) groups excluding carboxylic acids is 1. The summed E-state index contributed by atoms with van der Waals surface area (Å²) in [4.78, 5) is 30.3. The third-order valence-electron chi connectivity index (χ3n) is 6.07. The first-order chi connectivity index (χ1) is 15.5. The molecule has 1 aliphatic carbocycles. The molecule has 1 fully saturated rings. The van der Waals surface area contributed by atoms with Crippen LogP contribution in [0.1, 0.15) is 25.0 Å². The Morgan fingerprint density at radius 2 is 1.59 bits per heavy atom. The zero-order valence-electron chi connectivity index (χ0n) is 17.7. The lowest BCUT2D eigenvalue weighted by Gasteiger charge is -2.39. The van der Waals surface area contributed by atoms with Gasteiger partial charge in [0.15, 0.2) is 0 Å². The summed E-state index contributed by atoms with van der Waals surface area (Å²) in [6, 6.07) is 9.69. The second-order valence-electron chi connectivity index (χ2n) is 8.15. The number of pyridine rings is 2. The van der Waals surface area contributed by atoms with Crippen LogP contribution in [0.2, 0.25) is 0 Å². The van der Waals surface area contributed by atoms with Crippen molar-refractivity contribution < 1.29 is 4.79 Å². The highest BCUT2D eigenvalue weighted by Crippen LogP contribution is 2.44. The van der Waals surface area contributed by atoms with Gasteiger partial charge in [-0.3, -0.25) is 9.78 Å². The number of hydrogen-bond acceptors (Lipinski definition) is 6. The Morgan fingerprint density at radius 1 is 0.906 bits per heavy atom. The minimum atomic E-state index is -0.629. The summed E-state index contributed by atoms with van der Waals surface area (Å²) in [6.45, 7) is 0. The fourth-order valence-corrected chi connectivity index (χ4v) is 4.01. The number of amides is 1. The van der Waals surface area contributed by atoms with E-state index in [1.54, 1.807) is 24.8 Å². The molecule has 1 saturated carbocycles. The number of anilines is 2. The molecule has 0 unspecified atom stereocenters. The Kier molecular flexibility index (Phi) is 4.89. The molecule has 4 aromatic rings. The van der Waals surface area contributed by atoms with Crippen molar-refractivity contribution in [2.24, 2.45) is 7.05 Å². The van der Waals surface area contributed by atoms with Crippen LogP contribution in [0.5, 0.6) is 0 Å². The van der Waals surface area contributed by atoms with Crippen LogP contribution in [0.4, 0.5) is 11.8 Å². The molecule has 1 amide bonds. The lowest BCUT2D eigenvalue weighted by Crippen LogP contribution is -2.46. The van der Waals surface area contributed by atoms with E-state index in [0.717, 1.165) is 47.2 Å². The largest absolute Gasteiger partial charge is 0.368 e. The molecule has 160 valence electrons. The zero-order valence-corrected chi connectivity index (χ0v) is 17.7. The number of rotatable bonds is 5. The average Bonchev–Trinajstić information content (AvgIpc) is 3.21. The van der Waals surface area contributed by atoms with Gasteiger partial charge in [-0.05, 0) is 37.1 Å². The fraction of sp³-hybridized carbons (Fsp3) is 0.208. The number of aryl methyl sites for hydroxylation is 1. The van der Waals surface area contributed by atoms with E-state index in [0.29, 0.717) is 5.82 Å². The predicted molar refractivity (Wildman–Crippen MR) is 122 cm³/mol. The van der Waals surface area contributed by atoms with E-state index in [4.69, 9.17) is 5.73 Å². The molecular formula is C24H23N7O. The van der Waals surface area contributed by atoms with E-state index < -0.39 is 5.41 Å². The van der Waals surface area contributed by atoms with Crippen molar-refractivity contribution in [2.75, 3.05) is 11.1 Å². The third-order valence-corrected chi connectivity index (χ3v) is 6.07. The maximum absolute atomic E-state index is 13.2. The van der Waals surface area contributed by atoms with Gasteiger partial charge in [0.05, 0.1) is 11.1 Å². The number of carbonyl (C=O) groups is 1. The van der Waals surface area contributed by atoms with Crippen LogP contribution in [0, 0.1) is 0 Å². The van der Waals surface area contributed by atoms with E-state index in [-0.39, 0.29) is 11.9 Å². The number of nitrogens with zero attached hydrogens (tertiary/aromatic N) is 5. The molecule has 8 nitrogen and oxygen atoms in total. The monoisotopic (exact) mass is 425 g/mol. The first-order valence-corrected chi connectivity index (χ1v) is 10.5. The zero-order chi connectivity index (χ0) is 22.1. The van der Waals surface area contributed by atoms with Crippen LogP contribution >= 0.6 is 0 Å². The highest BCUT2D eigenvalue weighted by Gasteiger charge is 2.47. The van der Waals surface area contributed by atoms with Gasteiger partial charge in [-0.1, -0.05) is 12.5 Å². The van der Waals surface area contributed by atoms with Gasteiger partial charge in [-0.2, -0.15) is 0 Å². The third kappa shape index (κ3) is 3.60. The van der Waals surface area contributed by atoms with Gasteiger partial charge in [-0.15, -0.1) is 0 Å². The van der Waals surface area contributed by atoms with Gasteiger partial charge in [-0.25, -0.2) is 15.0 Å². The smallest absolute Gasteiger partial charge is 0.237 e. The Morgan fingerprint density at radius 3 is 2.16 bits per heavy atom. The number of nitrogens with one attached hydrogen (secondary N) is 1. The van der Waals surface area contributed by atoms with Crippen LogP contribution in [0.3, 0.4) is 0 Å². The van der Waals surface area contributed by atoms with Crippen molar-refractivity contribution in [1.29, 1.82) is 0 Å². The van der Waals surface area contributed by atoms with Gasteiger partial charge >= 0.3 is 0 Å². The van der Waals surface area contributed by atoms with Crippen molar-refractivity contribution in [2.45, 2.75) is 24.7 Å². The lowest BCUT2D eigenvalue weighted by atomic mass is 9.65. The lowest BCUT2D eigenvalue weighted by molar-refractivity contribution is -0.124. The Labute approximate surface area is 185 Å². The van der Waals surface area contributed by atoms with Crippen molar-refractivity contribution in [3.63, 3.8) is 0 Å². The van der Waals surface area contributed by atoms with Crippen LogP contribution < -0.4 is 11.1 Å². The van der Waals surface area contributed by atoms with Crippen molar-refractivity contribution in [1.82, 2.24) is 24.5 Å². The molecule has 32 heavy (non-hydrogen) atoms. The highest BCUT2D eigenvalue weighted by molar-refractivity contribution is 5.99. The predicted octanol–water partition coefficient (Wildman–Crippen LogP) is 3.58. The molecule has 0 atom stereocenters. The summed E-state index contributed by atoms with van der Waals surface area (Å²) in [6.07, 6.45) is 13.4. The van der Waals surface area contributed by atoms with Gasteiger partial charge in [0.25, 0.3) is 0 Å². The maximum Gasteiger partial charge on any atom is 0.237 e. The SMILES string of the molecule is Cn1ccc(-c2ccc(NC(=O)C3(c4ccc(-c5cnc(N)nc5)cn4)CCC3)nc2)c1. The van der Waals surface area contributed by atoms with E-state index in [9.17, 15) is 4.79 Å². The second-order valence-corrected chi connectivity index (χ2v) is 8.15. The molecule has 0 aliphatic heterocycles. The fourth-order valence-electron chi connectivity index (χ4n) is 4.01. The number of hydrogen-bond donors (Lipinski definition) is 2. The molecular weight excluding hydrogens is 402 g/mol. The second kappa shape index (κ2) is 7.88. The summed E-state index contributed by atoms with van der Waals surface area (Å²) in [5, 5.41) is 2.99. The summed E-state index contributed by atoms with van der Waals surface area (Å²) >= 11 is 0.